The summed E-state index contributed by atoms with van der Waals surface area (Å²) in [4.78, 5) is 28.3. The number of amides is 1. The third-order valence-electron chi connectivity index (χ3n) is 6.57. The second kappa shape index (κ2) is 9.95. The first-order valence-electron chi connectivity index (χ1n) is 11.6. The smallest absolute Gasteiger partial charge is 0.261 e. The van der Waals surface area contributed by atoms with E-state index in [4.69, 9.17) is 0 Å². The van der Waals surface area contributed by atoms with E-state index in [0.717, 1.165) is 28.8 Å². The van der Waals surface area contributed by atoms with Gasteiger partial charge in [0.2, 0.25) is 0 Å². The fourth-order valence-corrected chi connectivity index (χ4v) is 5.77. The van der Waals surface area contributed by atoms with Crippen molar-refractivity contribution in [3.05, 3.63) is 92.7 Å². The molecule has 174 valence electrons. The Morgan fingerprint density at radius 3 is 2.74 bits per heavy atom. The molecule has 34 heavy (non-hydrogen) atoms. The van der Waals surface area contributed by atoms with Gasteiger partial charge in [0.1, 0.15) is 5.70 Å². The van der Waals surface area contributed by atoms with Gasteiger partial charge in [-0.1, -0.05) is 54.6 Å². The van der Waals surface area contributed by atoms with Gasteiger partial charge in [0.05, 0.1) is 11.0 Å². The van der Waals surface area contributed by atoms with Crippen molar-refractivity contribution in [3.63, 3.8) is 0 Å². The van der Waals surface area contributed by atoms with E-state index in [9.17, 15) is 14.7 Å². The van der Waals surface area contributed by atoms with E-state index in [1.807, 2.05) is 47.4 Å². The van der Waals surface area contributed by atoms with Crippen molar-refractivity contribution >= 4 is 28.9 Å². The Labute approximate surface area is 202 Å². The second-order valence-corrected chi connectivity index (χ2v) is 9.93. The average molecular weight is 474 g/mol. The van der Waals surface area contributed by atoms with Gasteiger partial charge in [-0.2, -0.15) is 0 Å². The second-order valence-electron chi connectivity index (χ2n) is 8.79. The third kappa shape index (κ3) is 4.69. The standard InChI is InChI=1S/C27H27N3O3S/c31-17-23-21-13-26(34-25(21)10-11-30(23)16-18-6-2-1-3-7-18)27(33)29-15-24(32)22-12-19-8-4-5-9-20(19)14-28-22/h1-9,13,22,24,28,32H,10-12,14-16H2,(H,29,33)/t22-,24+/m0/s1. The zero-order valence-electron chi connectivity index (χ0n) is 18.8. The molecule has 3 aromatic rings. The molecule has 1 aromatic heterocycles. The number of aliphatic hydroxyl groups is 1. The molecule has 3 N–H and O–H groups in total. The Kier molecular flexibility index (Phi) is 6.61. The minimum Gasteiger partial charge on any atom is -0.390 e. The van der Waals surface area contributed by atoms with Crippen molar-refractivity contribution < 1.29 is 14.7 Å². The summed E-state index contributed by atoms with van der Waals surface area (Å²) in [6, 6.07) is 19.9. The Balaban J connectivity index is 1.22. The number of hydrogen-bond acceptors (Lipinski definition) is 6. The fraction of sp³-hybridized carbons (Fsp3) is 0.296. The first kappa shape index (κ1) is 22.6. The number of carbonyl (C=O) groups excluding carboxylic acids is 2. The van der Waals surface area contributed by atoms with Crippen LogP contribution in [0.2, 0.25) is 0 Å². The van der Waals surface area contributed by atoms with E-state index in [2.05, 4.69) is 28.7 Å². The van der Waals surface area contributed by atoms with Gasteiger partial charge in [0.15, 0.2) is 5.94 Å². The molecule has 0 saturated carbocycles. The molecule has 0 saturated heterocycles. The van der Waals surface area contributed by atoms with Crippen molar-refractivity contribution in [2.75, 3.05) is 13.1 Å². The van der Waals surface area contributed by atoms with Gasteiger partial charge < -0.3 is 20.6 Å². The monoisotopic (exact) mass is 473 g/mol. The van der Waals surface area contributed by atoms with Gasteiger partial charge >= 0.3 is 0 Å². The molecule has 2 aliphatic heterocycles. The highest BCUT2D eigenvalue weighted by atomic mass is 32.1. The summed E-state index contributed by atoms with van der Waals surface area (Å²) in [7, 11) is 0. The molecule has 5 rings (SSSR count). The van der Waals surface area contributed by atoms with Gasteiger partial charge in [-0.05, 0) is 29.2 Å². The number of nitrogens with zero attached hydrogens (tertiary/aromatic N) is 1. The zero-order chi connectivity index (χ0) is 23.5. The van der Waals surface area contributed by atoms with E-state index in [1.54, 1.807) is 6.07 Å². The lowest BCUT2D eigenvalue weighted by atomic mass is 9.93. The summed E-state index contributed by atoms with van der Waals surface area (Å²) in [5.41, 5.74) is 4.90. The molecule has 1 amide bonds. The first-order chi connectivity index (χ1) is 16.6. The van der Waals surface area contributed by atoms with Crippen LogP contribution >= 0.6 is 11.3 Å². The molecule has 2 atom stereocenters. The van der Waals surface area contributed by atoms with Crippen molar-refractivity contribution in [2.24, 2.45) is 0 Å². The minimum atomic E-state index is -0.696. The molecule has 0 radical (unpaired) electrons. The number of benzene rings is 2. The highest BCUT2D eigenvalue weighted by Crippen LogP contribution is 2.34. The molecule has 7 heteroatoms. The summed E-state index contributed by atoms with van der Waals surface area (Å²) in [6.45, 7) is 2.22. The molecule has 0 spiro atoms. The van der Waals surface area contributed by atoms with Gasteiger partial charge in [-0.15, -0.1) is 11.3 Å². The topological polar surface area (TPSA) is 81.7 Å². The molecule has 0 unspecified atom stereocenters. The summed E-state index contributed by atoms with van der Waals surface area (Å²) in [5.74, 6) is 1.88. The van der Waals surface area contributed by atoms with Gasteiger partial charge in [-0.3, -0.25) is 4.79 Å². The Morgan fingerprint density at radius 2 is 1.94 bits per heavy atom. The first-order valence-corrected chi connectivity index (χ1v) is 12.4. The lowest BCUT2D eigenvalue weighted by molar-refractivity contribution is 0.0873. The largest absolute Gasteiger partial charge is 0.390 e. The number of rotatable bonds is 6. The number of aliphatic hydroxyl groups excluding tert-OH is 1. The Bertz CT molecular complexity index is 1230. The minimum absolute atomic E-state index is 0.108. The lowest BCUT2D eigenvalue weighted by Crippen LogP contribution is -2.49. The van der Waals surface area contributed by atoms with Gasteiger partial charge in [-0.25, -0.2) is 4.79 Å². The van der Waals surface area contributed by atoms with Crippen molar-refractivity contribution in [3.8, 4) is 0 Å². The lowest BCUT2D eigenvalue weighted by Gasteiger charge is -2.29. The van der Waals surface area contributed by atoms with Crippen LogP contribution in [0.15, 0.2) is 60.7 Å². The SMILES string of the molecule is O=C=C1c2cc(C(=O)NC[C@@H](O)[C@@H]3Cc4ccccc4CN3)sc2CCN1Cc1ccccc1. The van der Waals surface area contributed by atoms with Crippen molar-refractivity contribution in [1.29, 1.82) is 0 Å². The van der Waals surface area contributed by atoms with Crippen LogP contribution in [0.3, 0.4) is 0 Å². The van der Waals surface area contributed by atoms with Crippen LogP contribution < -0.4 is 10.6 Å². The van der Waals surface area contributed by atoms with Crippen LogP contribution in [0.5, 0.6) is 0 Å². The number of carbonyl (C=O) groups is 1. The van der Waals surface area contributed by atoms with Crippen LogP contribution in [0.4, 0.5) is 0 Å². The maximum absolute atomic E-state index is 12.9. The zero-order valence-corrected chi connectivity index (χ0v) is 19.6. The third-order valence-corrected chi connectivity index (χ3v) is 7.77. The van der Waals surface area contributed by atoms with Crippen LogP contribution in [-0.4, -0.2) is 47.1 Å². The summed E-state index contributed by atoms with van der Waals surface area (Å²) < 4.78 is 0. The van der Waals surface area contributed by atoms with Crippen LogP contribution in [0.25, 0.3) is 5.70 Å². The summed E-state index contributed by atoms with van der Waals surface area (Å²) >= 11 is 1.41. The Morgan fingerprint density at radius 1 is 1.18 bits per heavy atom. The summed E-state index contributed by atoms with van der Waals surface area (Å²) in [5, 5.41) is 16.9. The predicted octanol–water partition coefficient (Wildman–Crippen LogP) is 2.78. The normalized spacial score (nSPS) is 18.0. The number of nitrogens with one attached hydrogen (secondary N) is 2. The average Bonchev–Trinajstić information content (AvgIpc) is 3.32. The quantitative estimate of drug-likeness (QED) is 0.480. The molecule has 0 aliphatic carbocycles. The van der Waals surface area contributed by atoms with E-state index in [1.165, 1.54) is 22.5 Å². The highest BCUT2D eigenvalue weighted by Gasteiger charge is 2.28. The van der Waals surface area contributed by atoms with E-state index < -0.39 is 6.10 Å². The molecule has 0 fully saturated rings. The maximum atomic E-state index is 12.9. The maximum Gasteiger partial charge on any atom is 0.261 e. The molecular weight excluding hydrogens is 446 g/mol. The van der Waals surface area contributed by atoms with E-state index >= 15 is 0 Å². The van der Waals surface area contributed by atoms with Crippen LogP contribution in [0.1, 0.15) is 36.8 Å². The fourth-order valence-electron chi connectivity index (χ4n) is 4.70. The number of hydrogen-bond donors (Lipinski definition) is 3. The number of thiophene rings is 1. The molecule has 6 nitrogen and oxygen atoms in total. The van der Waals surface area contributed by atoms with Crippen molar-refractivity contribution in [1.82, 2.24) is 15.5 Å². The van der Waals surface area contributed by atoms with Crippen LogP contribution in [0, 0.1) is 0 Å². The molecule has 2 aliphatic rings. The van der Waals surface area contributed by atoms with E-state index in [-0.39, 0.29) is 18.5 Å². The molecule has 2 aromatic carbocycles. The van der Waals surface area contributed by atoms with Crippen LogP contribution in [-0.2, 0) is 30.7 Å². The predicted molar refractivity (Wildman–Crippen MR) is 133 cm³/mol. The summed E-state index contributed by atoms with van der Waals surface area (Å²) in [6.07, 6.45) is 0.809. The molecule has 3 heterocycles. The van der Waals surface area contributed by atoms with Crippen molar-refractivity contribution in [2.45, 2.75) is 38.1 Å². The van der Waals surface area contributed by atoms with Gasteiger partial charge in [0, 0.05) is 49.1 Å². The van der Waals surface area contributed by atoms with Gasteiger partial charge in [0.25, 0.3) is 5.91 Å². The number of fused-ring (bicyclic) bond motifs is 2. The highest BCUT2D eigenvalue weighted by molar-refractivity contribution is 7.14. The Hall–Kier alpha value is -3.22. The van der Waals surface area contributed by atoms with E-state index in [0.29, 0.717) is 30.2 Å². The molecular formula is C27H27N3O3S. The molecule has 0 bridgehead atoms.